The molecule has 0 spiro atoms. The minimum Gasteiger partial charge on any atom is -0.393 e. The topological polar surface area (TPSA) is 74.6 Å². The third-order valence-corrected chi connectivity index (χ3v) is 4.34. The van der Waals surface area contributed by atoms with Gasteiger partial charge in [-0.1, -0.05) is 26.7 Å². The predicted molar refractivity (Wildman–Crippen MR) is 72.6 cm³/mol. The van der Waals surface area contributed by atoms with Gasteiger partial charge in [-0.3, -0.25) is 4.79 Å². The van der Waals surface area contributed by atoms with Crippen LogP contribution in [0.5, 0.6) is 0 Å². The second-order valence-electron chi connectivity index (χ2n) is 5.80. The Morgan fingerprint density at radius 1 is 1.37 bits per heavy atom. The number of carbonyl (C=O) groups excluding carboxylic acids is 2. The molecule has 19 heavy (non-hydrogen) atoms. The van der Waals surface area contributed by atoms with Gasteiger partial charge in [-0.2, -0.15) is 0 Å². The van der Waals surface area contributed by atoms with Crippen LogP contribution in [0.3, 0.4) is 0 Å². The molecular formula is C15H26O4. The zero-order chi connectivity index (χ0) is 14.4. The van der Waals surface area contributed by atoms with Gasteiger partial charge in [0, 0.05) is 24.7 Å². The van der Waals surface area contributed by atoms with E-state index in [0.29, 0.717) is 12.8 Å². The number of rotatable bonds is 8. The summed E-state index contributed by atoms with van der Waals surface area (Å²) in [6.07, 6.45) is 3.47. The first kappa shape index (κ1) is 16.3. The van der Waals surface area contributed by atoms with Gasteiger partial charge in [0.25, 0.3) is 0 Å². The molecule has 0 aromatic rings. The largest absolute Gasteiger partial charge is 0.393 e. The molecule has 2 N–H and O–H groups in total. The van der Waals surface area contributed by atoms with Gasteiger partial charge < -0.3 is 15.0 Å². The van der Waals surface area contributed by atoms with Gasteiger partial charge in [0.2, 0.25) is 0 Å². The number of hydrogen-bond donors (Lipinski definition) is 2. The predicted octanol–water partition coefficient (Wildman–Crippen LogP) is 1.72. The number of aliphatic hydroxyl groups is 2. The summed E-state index contributed by atoms with van der Waals surface area (Å²) in [4.78, 5) is 22.9. The molecule has 0 saturated heterocycles. The molecule has 0 amide bonds. The third-order valence-electron chi connectivity index (χ3n) is 4.34. The first-order valence-corrected chi connectivity index (χ1v) is 7.35. The van der Waals surface area contributed by atoms with E-state index in [-0.39, 0.29) is 24.0 Å². The van der Waals surface area contributed by atoms with Gasteiger partial charge in [0.15, 0.2) is 0 Å². The molecule has 0 aromatic carbocycles. The highest BCUT2D eigenvalue weighted by Gasteiger charge is 2.41. The zero-order valence-electron chi connectivity index (χ0n) is 11.9. The molecule has 1 rings (SSSR count). The lowest BCUT2D eigenvalue weighted by Gasteiger charge is -2.19. The van der Waals surface area contributed by atoms with Crippen molar-refractivity contribution >= 4 is 12.1 Å². The number of unbranched alkanes of at least 4 members (excludes halogenated alkanes) is 1. The van der Waals surface area contributed by atoms with E-state index >= 15 is 0 Å². The van der Waals surface area contributed by atoms with Crippen LogP contribution in [0.4, 0.5) is 0 Å². The Morgan fingerprint density at radius 2 is 2.05 bits per heavy atom. The lowest BCUT2D eigenvalue weighted by atomic mass is 9.87. The molecule has 4 nitrogen and oxygen atoms in total. The molecule has 1 aliphatic rings. The average Bonchev–Trinajstić information content (AvgIpc) is 2.66. The van der Waals surface area contributed by atoms with Gasteiger partial charge in [-0.05, 0) is 18.8 Å². The molecule has 0 bridgehead atoms. The first-order valence-electron chi connectivity index (χ1n) is 7.35. The molecule has 5 atom stereocenters. The van der Waals surface area contributed by atoms with E-state index in [9.17, 15) is 19.8 Å². The molecule has 4 heteroatoms. The van der Waals surface area contributed by atoms with E-state index in [0.717, 1.165) is 25.5 Å². The summed E-state index contributed by atoms with van der Waals surface area (Å²) in [6.45, 7) is 4.04. The Bertz CT molecular complexity index is 303. The maximum Gasteiger partial charge on any atom is 0.135 e. The Kier molecular flexibility index (Phi) is 6.66. The quantitative estimate of drug-likeness (QED) is 0.659. The summed E-state index contributed by atoms with van der Waals surface area (Å²) in [5, 5.41) is 19.5. The van der Waals surface area contributed by atoms with E-state index in [4.69, 9.17) is 0 Å². The van der Waals surface area contributed by atoms with Gasteiger partial charge in [0.05, 0.1) is 12.2 Å². The number of carbonyl (C=O) groups is 2. The Labute approximate surface area is 115 Å². The highest BCUT2D eigenvalue weighted by molar-refractivity contribution is 5.80. The second-order valence-corrected chi connectivity index (χ2v) is 5.80. The summed E-state index contributed by atoms with van der Waals surface area (Å²) in [5.41, 5.74) is 0. The average molecular weight is 270 g/mol. The van der Waals surface area contributed by atoms with Crippen molar-refractivity contribution < 1.29 is 19.8 Å². The van der Waals surface area contributed by atoms with Gasteiger partial charge in [-0.15, -0.1) is 0 Å². The highest BCUT2D eigenvalue weighted by atomic mass is 16.3. The van der Waals surface area contributed by atoms with Crippen molar-refractivity contribution in [3.8, 4) is 0 Å². The molecule has 0 aliphatic heterocycles. The normalized spacial score (nSPS) is 32.2. The number of aliphatic hydroxyl groups excluding tert-OH is 2. The van der Waals surface area contributed by atoms with Crippen LogP contribution >= 0.6 is 0 Å². The monoisotopic (exact) mass is 270 g/mol. The minimum absolute atomic E-state index is 0.0538. The molecule has 1 fully saturated rings. The van der Waals surface area contributed by atoms with Crippen LogP contribution in [0.2, 0.25) is 0 Å². The fraction of sp³-hybridized carbons (Fsp3) is 0.867. The maximum atomic E-state index is 12.0. The van der Waals surface area contributed by atoms with Crippen LogP contribution < -0.4 is 0 Å². The third kappa shape index (κ3) is 4.39. The summed E-state index contributed by atoms with van der Waals surface area (Å²) < 4.78 is 0. The van der Waals surface area contributed by atoms with Gasteiger partial charge in [-0.25, -0.2) is 0 Å². The van der Waals surface area contributed by atoms with Gasteiger partial charge >= 0.3 is 0 Å². The van der Waals surface area contributed by atoms with E-state index in [2.05, 4.69) is 6.92 Å². The second kappa shape index (κ2) is 7.75. The first-order chi connectivity index (χ1) is 9.01. The van der Waals surface area contributed by atoms with Crippen molar-refractivity contribution in [1.82, 2.24) is 0 Å². The number of Topliss-reactive ketones (excluding diaryl/α,β-unsaturated/α-hetero) is 1. The molecule has 0 heterocycles. The fourth-order valence-electron chi connectivity index (χ4n) is 2.92. The number of hydrogen-bond acceptors (Lipinski definition) is 4. The smallest absolute Gasteiger partial charge is 0.135 e. The lowest BCUT2D eigenvalue weighted by molar-refractivity contribution is -0.123. The highest BCUT2D eigenvalue weighted by Crippen LogP contribution is 2.34. The standard InChI is InChI=1S/C15H26O4/c1-3-4-5-10(2)13(17)7-6-11-12(9-16)15(19)8-14(11)18/h9-12,14-15,18-19H,3-8H2,1-2H3/t10?,11-,12+,14-,15+/m0/s1. The fourth-order valence-corrected chi connectivity index (χ4v) is 2.92. The van der Waals surface area contributed by atoms with Crippen LogP contribution in [0.1, 0.15) is 52.4 Å². The van der Waals surface area contributed by atoms with Crippen molar-refractivity contribution in [2.75, 3.05) is 0 Å². The van der Waals surface area contributed by atoms with Crippen LogP contribution in [0.25, 0.3) is 0 Å². The number of ketones is 1. The van der Waals surface area contributed by atoms with Crippen molar-refractivity contribution in [1.29, 1.82) is 0 Å². The van der Waals surface area contributed by atoms with E-state index in [1.807, 2.05) is 6.92 Å². The zero-order valence-corrected chi connectivity index (χ0v) is 11.9. The van der Waals surface area contributed by atoms with Crippen LogP contribution in [-0.2, 0) is 9.59 Å². The summed E-state index contributed by atoms with van der Waals surface area (Å²) >= 11 is 0. The Balaban J connectivity index is 2.42. The Hall–Kier alpha value is -0.740. The van der Waals surface area contributed by atoms with Crippen molar-refractivity contribution in [3.63, 3.8) is 0 Å². The van der Waals surface area contributed by atoms with Crippen molar-refractivity contribution in [3.05, 3.63) is 0 Å². The molecule has 0 radical (unpaired) electrons. The van der Waals surface area contributed by atoms with Crippen LogP contribution in [-0.4, -0.2) is 34.5 Å². The SMILES string of the molecule is CCCCC(C)C(=O)CC[C@H]1[C@@H](C=O)[C@H](O)C[C@@H]1O. The Morgan fingerprint density at radius 3 is 2.63 bits per heavy atom. The molecular weight excluding hydrogens is 244 g/mol. The molecule has 110 valence electrons. The number of aldehydes is 1. The molecule has 1 aliphatic carbocycles. The summed E-state index contributed by atoms with van der Waals surface area (Å²) in [6, 6.07) is 0. The van der Waals surface area contributed by atoms with Crippen LogP contribution in [0, 0.1) is 17.8 Å². The molecule has 1 unspecified atom stereocenters. The van der Waals surface area contributed by atoms with Crippen LogP contribution in [0.15, 0.2) is 0 Å². The minimum atomic E-state index is -0.759. The van der Waals surface area contributed by atoms with E-state index < -0.39 is 18.1 Å². The van der Waals surface area contributed by atoms with Crippen molar-refractivity contribution in [2.24, 2.45) is 17.8 Å². The molecule has 0 aromatic heterocycles. The lowest BCUT2D eigenvalue weighted by Crippen LogP contribution is -2.25. The molecule has 1 saturated carbocycles. The van der Waals surface area contributed by atoms with Gasteiger partial charge in [0.1, 0.15) is 12.1 Å². The van der Waals surface area contributed by atoms with Crippen molar-refractivity contribution in [2.45, 2.75) is 64.6 Å². The van der Waals surface area contributed by atoms with E-state index in [1.54, 1.807) is 0 Å². The summed E-state index contributed by atoms with van der Waals surface area (Å²) in [7, 11) is 0. The summed E-state index contributed by atoms with van der Waals surface area (Å²) in [5.74, 6) is -0.534. The van der Waals surface area contributed by atoms with E-state index in [1.165, 1.54) is 0 Å². The maximum absolute atomic E-state index is 12.0.